The zero-order valence-corrected chi connectivity index (χ0v) is 14.3. The van der Waals surface area contributed by atoms with Crippen molar-refractivity contribution in [2.24, 2.45) is 5.92 Å². The summed E-state index contributed by atoms with van der Waals surface area (Å²) in [7, 11) is 0. The molecule has 1 aromatic rings. The highest BCUT2D eigenvalue weighted by molar-refractivity contribution is 8.23. The number of hydrogen-bond acceptors (Lipinski definition) is 3. The van der Waals surface area contributed by atoms with Gasteiger partial charge in [-0.1, -0.05) is 43.0 Å². The summed E-state index contributed by atoms with van der Waals surface area (Å²) < 4.78 is 13.6. The van der Waals surface area contributed by atoms with Crippen molar-refractivity contribution in [3.05, 3.63) is 35.6 Å². The number of nitrogens with zero attached hydrogens (tertiary/aromatic N) is 1. The van der Waals surface area contributed by atoms with Gasteiger partial charge in [-0.25, -0.2) is 4.39 Å². The van der Waals surface area contributed by atoms with Gasteiger partial charge in [0, 0.05) is 19.6 Å². The molecule has 1 amide bonds. The Morgan fingerprint density at radius 1 is 1.36 bits per heavy atom. The van der Waals surface area contributed by atoms with Crippen molar-refractivity contribution in [2.75, 3.05) is 18.8 Å². The summed E-state index contributed by atoms with van der Waals surface area (Å²) in [5.41, 5.74) is 0.882. The van der Waals surface area contributed by atoms with E-state index >= 15 is 0 Å². The number of piperidine rings is 1. The van der Waals surface area contributed by atoms with Crippen LogP contribution in [-0.2, 0) is 11.3 Å². The summed E-state index contributed by atoms with van der Waals surface area (Å²) in [6.45, 7) is 4.65. The molecule has 0 atom stereocenters. The summed E-state index contributed by atoms with van der Waals surface area (Å²) in [6.07, 6.45) is 2.33. The molecule has 0 aromatic heterocycles. The Bertz CT molecular complexity index is 513. The lowest BCUT2D eigenvalue weighted by Gasteiger charge is -2.31. The number of hydrogen-bond donors (Lipinski definition) is 1. The van der Waals surface area contributed by atoms with Crippen LogP contribution in [0.15, 0.2) is 24.3 Å². The van der Waals surface area contributed by atoms with E-state index in [1.165, 1.54) is 23.9 Å². The standard InChI is InChI=1S/C16H21FN2OS2/c1-12-6-8-19(9-7-12)16(21)22-11-15(20)18-10-13-2-4-14(17)5-3-13/h2-5,12H,6-11H2,1H3,(H,18,20). The molecule has 1 aromatic carbocycles. The fourth-order valence-electron chi connectivity index (χ4n) is 2.26. The monoisotopic (exact) mass is 340 g/mol. The van der Waals surface area contributed by atoms with E-state index in [-0.39, 0.29) is 11.7 Å². The number of rotatable bonds is 4. The first-order valence-electron chi connectivity index (χ1n) is 7.47. The third-order valence-electron chi connectivity index (χ3n) is 3.77. The van der Waals surface area contributed by atoms with Crippen molar-refractivity contribution in [3.63, 3.8) is 0 Å². The average molecular weight is 340 g/mol. The summed E-state index contributed by atoms with van der Waals surface area (Å²) in [6, 6.07) is 6.12. The summed E-state index contributed by atoms with van der Waals surface area (Å²) >= 11 is 6.81. The Labute approximate surface area is 140 Å². The lowest BCUT2D eigenvalue weighted by atomic mass is 10.00. The molecule has 1 N–H and O–H groups in total. The van der Waals surface area contributed by atoms with Crippen LogP contribution < -0.4 is 5.32 Å². The lowest BCUT2D eigenvalue weighted by molar-refractivity contribution is -0.118. The van der Waals surface area contributed by atoms with Gasteiger partial charge in [-0.2, -0.15) is 0 Å². The van der Waals surface area contributed by atoms with Crippen LogP contribution in [0.25, 0.3) is 0 Å². The van der Waals surface area contributed by atoms with Crippen LogP contribution in [0.3, 0.4) is 0 Å². The van der Waals surface area contributed by atoms with Gasteiger partial charge >= 0.3 is 0 Å². The molecule has 0 unspecified atom stereocenters. The normalized spacial score (nSPS) is 15.6. The topological polar surface area (TPSA) is 32.3 Å². The zero-order chi connectivity index (χ0) is 15.9. The summed E-state index contributed by atoms with van der Waals surface area (Å²) in [4.78, 5) is 14.0. The quantitative estimate of drug-likeness (QED) is 0.853. The van der Waals surface area contributed by atoms with Crippen molar-refractivity contribution in [1.29, 1.82) is 0 Å². The van der Waals surface area contributed by atoms with Gasteiger partial charge in [0.1, 0.15) is 10.1 Å². The SMILES string of the molecule is CC1CCN(C(=S)SCC(=O)NCc2ccc(F)cc2)CC1. The molecule has 0 spiro atoms. The molecule has 120 valence electrons. The Morgan fingerprint density at radius 3 is 2.64 bits per heavy atom. The largest absolute Gasteiger partial charge is 0.357 e. The van der Waals surface area contributed by atoms with Gasteiger partial charge < -0.3 is 10.2 Å². The van der Waals surface area contributed by atoms with Crippen molar-refractivity contribution >= 4 is 34.2 Å². The van der Waals surface area contributed by atoms with Gasteiger partial charge in [-0.05, 0) is 36.5 Å². The second kappa shape index (κ2) is 8.48. The Morgan fingerprint density at radius 2 is 2.00 bits per heavy atom. The molecule has 1 fully saturated rings. The average Bonchev–Trinajstić information content (AvgIpc) is 2.52. The van der Waals surface area contributed by atoms with Gasteiger partial charge in [-0.3, -0.25) is 4.79 Å². The van der Waals surface area contributed by atoms with Crippen molar-refractivity contribution in [1.82, 2.24) is 10.2 Å². The van der Waals surface area contributed by atoms with Gasteiger partial charge in [0.25, 0.3) is 0 Å². The van der Waals surface area contributed by atoms with Gasteiger partial charge in [0.05, 0.1) is 5.75 Å². The third-order valence-corrected chi connectivity index (χ3v) is 5.29. The van der Waals surface area contributed by atoms with E-state index in [1.807, 2.05) is 0 Å². The van der Waals surface area contributed by atoms with Crippen LogP contribution in [0.5, 0.6) is 0 Å². The van der Waals surface area contributed by atoms with Gasteiger partial charge in [-0.15, -0.1) is 0 Å². The number of amides is 1. The number of nitrogens with one attached hydrogen (secondary N) is 1. The molecule has 2 rings (SSSR count). The Kier molecular flexibility index (Phi) is 6.64. The second-order valence-corrected chi connectivity index (χ2v) is 7.24. The van der Waals surface area contributed by atoms with E-state index in [4.69, 9.17) is 12.2 Å². The van der Waals surface area contributed by atoms with Gasteiger partial charge in [0.15, 0.2) is 0 Å². The van der Waals surface area contributed by atoms with E-state index < -0.39 is 0 Å². The highest BCUT2D eigenvalue weighted by Gasteiger charge is 2.18. The van der Waals surface area contributed by atoms with Crippen LogP contribution in [0.2, 0.25) is 0 Å². The second-order valence-electron chi connectivity index (χ2n) is 5.63. The molecule has 0 saturated carbocycles. The summed E-state index contributed by atoms with van der Waals surface area (Å²) in [5.74, 6) is 0.767. The van der Waals surface area contributed by atoms with Crippen molar-refractivity contribution < 1.29 is 9.18 Å². The molecular weight excluding hydrogens is 319 g/mol. The first-order valence-corrected chi connectivity index (χ1v) is 8.87. The molecule has 0 aliphatic carbocycles. The first kappa shape index (κ1) is 17.2. The fraction of sp³-hybridized carbons (Fsp3) is 0.500. The summed E-state index contributed by atoms with van der Waals surface area (Å²) in [5, 5.41) is 2.82. The van der Waals surface area contributed by atoms with E-state index in [2.05, 4.69) is 17.1 Å². The van der Waals surface area contributed by atoms with Crippen LogP contribution in [0.1, 0.15) is 25.3 Å². The van der Waals surface area contributed by atoms with Crippen molar-refractivity contribution in [2.45, 2.75) is 26.3 Å². The molecule has 1 saturated heterocycles. The molecule has 3 nitrogen and oxygen atoms in total. The number of halogens is 1. The number of thiocarbonyl (C=S) groups is 1. The predicted molar refractivity (Wildman–Crippen MR) is 93.3 cm³/mol. The molecular formula is C16H21FN2OS2. The number of carbonyl (C=O) groups excluding carboxylic acids is 1. The highest BCUT2D eigenvalue weighted by Crippen LogP contribution is 2.20. The van der Waals surface area contributed by atoms with Crippen LogP contribution >= 0.6 is 24.0 Å². The fourth-order valence-corrected chi connectivity index (χ4v) is 3.34. The molecule has 1 aliphatic rings. The lowest BCUT2D eigenvalue weighted by Crippen LogP contribution is -2.36. The smallest absolute Gasteiger partial charge is 0.230 e. The molecule has 1 aliphatic heterocycles. The van der Waals surface area contributed by atoms with E-state index in [0.717, 1.165) is 41.7 Å². The Balaban J connectivity index is 1.66. The maximum atomic E-state index is 12.8. The predicted octanol–water partition coefficient (Wildman–Crippen LogP) is 3.19. The number of likely N-dealkylation sites (tertiary alicyclic amines) is 1. The van der Waals surface area contributed by atoms with Crippen molar-refractivity contribution in [3.8, 4) is 0 Å². The maximum absolute atomic E-state index is 12.8. The van der Waals surface area contributed by atoms with Crippen LogP contribution in [0, 0.1) is 11.7 Å². The molecule has 1 heterocycles. The molecule has 6 heteroatoms. The minimum Gasteiger partial charge on any atom is -0.357 e. The maximum Gasteiger partial charge on any atom is 0.230 e. The molecule has 0 radical (unpaired) electrons. The number of carbonyl (C=O) groups is 1. The first-order chi connectivity index (χ1) is 10.5. The third kappa shape index (κ3) is 5.57. The molecule has 0 bridgehead atoms. The highest BCUT2D eigenvalue weighted by atomic mass is 32.2. The Hall–Kier alpha value is -1.14. The van der Waals surface area contributed by atoms with E-state index in [0.29, 0.717) is 12.3 Å². The minimum absolute atomic E-state index is 0.0537. The minimum atomic E-state index is -0.271. The number of benzene rings is 1. The van der Waals surface area contributed by atoms with Gasteiger partial charge in [0.2, 0.25) is 5.91 Å². The van der Waals surface area contributed by atoms with Crippen LogP contribution in [-0.4, -0.2) is 34.0 Å². The van der Waals surface area contributed by atoms with Crippen LogP contribution in [0.4, 0.5) is 4.39 Å². The number of thioether (sulfide) groups is 1. The van der Waals surface area contributed by atoms with E-state index in [9.17, 15) is 9.18 Å². The molecule has 22 heavy (non-hydrogen) atoms. The van der Waals surface area contributed by atoms with E-state index in [1.54, 1.807) is 12.1 Å². The zero-order valence-electron chi connectivity index (χ0n) is 12.7.